The minimum absolute atomic E-state index is 0.0932. The van der Waals surface area contributed by atoms with Gasteiger partial charge in [-0.1, -0.05) is 209 Å². The molecule has 0 fully saturated rings. The maximum atomic E-state index is 12.8. The van der Waals surface area contributed by atoms with Crippen LogP contribution in [0.5, 0.6) is 0 Å². The molecule has 0 amide bonds. The van der Waals surface area contributed by atoms with Crippen molar-refractivity contribution in [3.63, 3.8) is 0 Å². The highest BCUT2D eigenvalue weighted by Gasteiger charge is 2.19. The Hall–Kier alpha value is -3.15. The van der Waals surface area contributed by atoms with Crippen LogP contribution in [0, 0.1) is 0 Å². The summed E-state index contributed by atoms with van der Waals surface area (Å²) >= 11 is 0. The van der Waals surface area contributed by atoms with E-state index in [0.29, 0.717) is 19.3 Å². The van der Waals surface area contributed by atoms with E-state index >= 15 is 0 Å². The average molecular weight is 865 g/mol. The molecule has 356 valence electrons. The smallest absolute Gasteiger partial charge is 0.306 e. The third-order valence-corrected chi connectivity index (χ3v) is 10.9. The topological polar surface area (TPSA) is 78.9 Å². The van der Waals surface area contributed by atoms with Gasteiger partial charge in [-0.3, -0.25) is 14.4 Å². The van der Waals surface area contributed by atoms with Gasteiger partial charge in [-0.2, -0.15) is 0 Å². The van der Waals surface area contributed by atoms with Crippen molar-refractivity contribution in [1.82, 2.24) is 0 Å². The summed E-state index contributed by atoms with van der Waals surface area (Å²) in [5.41, 5.74) is 0. The monoisotopic (exact) mass is 865 g/mol. The Morgan fingerprint density at radius 2 is 0.629 bits per heavy atom. The first kappa shape index (κ1) is 58.9. The number of hydrogen-bond acceptors (Lipinski definition) is 6. The molecule has 0 aromatic carbocycles. The summed E-state index contributed by atoms with van der Waals surface area (Å²) < 4.78 is 16.8. The van der Waals surface area contributed by atoms with Gasteiger partial charge in [0, 0.05) is 19.3 Å². The van der Waals surface area contributed by atoms with E-state index in [-0.39, 0.29) is 37.5 Å². The first-order valence-electron chi connectivity index (χ1n) is 25.9. The van der Waals surface area contributed by atoms with Crippen LogP contribution in [-0.4, -0.2) is 37.2 Å². The van der Waals surface area contributed by atoms with Crippen molar-refractivity contribution in [3.05, 3.63) is 72.9 Å². The van der Waals surface area contributed by atoms with E-state index in [2.05, 4.69) is 93.7 Å². The van der Waals surface area contributed by atoms with Crippen LogP contribution in [0.1, 0.15) is 245 Å². The number of carbonyl (C=O) groups excluding carboxylic acids is 3. The molecular weight excluding hydrogens is 769 g/mol. The van der Waals surface area contributed by atoms with E-state index in [1.165, 1.54) is 109 Å². The summed E-state index contributed by atoms with van der Waals surface area (Å²) in [7, 11) is 0. The van der Waals surface area contributed by atoms with Gasteiger partial charge in [0.15, 0.2) is 6.10 Å². The van der Waals surface area contributed by atoms with Crippen LogP contribution in [0.15, 0.2) is 72.9 Å². The van der Waals surface area contributed by atoms with E-state index in [0.717, 1.165) is 89.9 Å². The first-order chi connectivity index (χ1) is 30.5. The summed E-state index contributed by atoms with van der Waals surface area (Å²) in [6, 6.07) is 0. The highest BCUT2D eigenvalue weighted by molar-refractivity contribution is 5.71. The Morgan fingerprint density at radius 1 is 0.339 bits per heavy atom. The molecule has 0 aliphatic rings. The predicted octanol–water partition coefficient (Wildman–Crippen LogP) is 17.0. The lowest BCUT2D eigenvalue weighted by Gasteiger charge is -2.18. The van der Waals surface area contributed by atoms with E-state index < -0.39 is 6.10 Å². The Labute approximate surface area is 382 Å². The maximum Gasteiger partial charge on any atom is 0.306 e. The first-order valence-corrected chi connectivity index (χ1v) is 25.9. The molecule has 0 rings (SSSR count). The molecule has 0 aliphatic heterocycles. The van der Waals surface area contributed by atoms with E-state index in [9.17, 15) is 14.4 Å². The number of ether oxygens (including phenoxy) is 3. The average Bonchev–Trinajstić information content (AvgIpc) is 3.27. The van der Waals surface area contributed by atoms with Gasteiger partial charge in [-0.15, -0.1) is 0 Å². The van der Waals surface area contributed by atoms with E-state index in [1.807, 2.05) is 0 Å². The zero-order valence-electron chi connectivity index (χ0n) is 40.6. The second-order valence-electron chi connectivity index (χ2n) is 17.1. The van der Waals surface area contributed by atoms with Gasteiger partial charge in [-0.05, 0) is 89.9 Å². The number of hydrogen-bond donors (Lipinski definition) is 0. The molecule has 0 aromatic rings. The van der Waals surface area contributed by atoms with Crippen LogP contribution in [0.4, 0.5) is 0 Å². The normalized spacial score (nSPS) is 12.6. The molecule has 0 saturated heterocycles. The lowest BCUT2D eigenvalue weighted by molar-refractivity contribution is -0.167. The summed E-state index contributed by atoms with van der Waals surface area (Å²) in [5, 5.41) is 0. The third-order valence-electron chi connectivity index (χ3n) is 10.9. The summed E-state index contributed by atoms with van der Waals surface area (Å²) in [6.07, 6.45) is 63.1. The number of carbonyl (C=O) groups is 3. The van der Waals surface area contributed by atoms with E-state index in [1.54, 1.807) is 0 Å². The van der Waals surface area contributed by atoms with Crippen molar-refractivity contribution in [1.29, 1.82) is 0 Å². The number of esters is 3. The fourth-order valence-corrected chi connectivity index (χ4v) is 7.05. The molecule has 0 aromatic heterocycles. The Bertz CT molecular complexity index is 1180. The largest absolute Gasteiger partial charge is 0.462 e. The second kappa shape index (κ2) is 50.5. The Balaban J connectivity index is 4.44. The fraction of sp³-hybridized carbons (Fsp3) is 0.732. The number of allylic oxidation sites excluding steroid dienone is 12. The van der Waals surface area contributed by atoms with Crippen LogP contribution in [0.25, 0.3) is 0 Å². The minimum atomic E-state index is -0.798. The van der Waals surface area contributed by atoms with Crippen molar-refractivity contribution in [3.8, 4) is 0 Å². The lowest BCUT2D eigenvalue weighted by atomic mass is 10.0. The molecule has 0 unspecified atom stereocenters. The highest BCUT2D eigenvalue weighted by atomic mass is 16.6. The molecule has 0 spiro atoms. The fourth-order valence-electron chi connectivity index (χ4n) is 7.05. The molecule has 0 heterocycles. The zero-order chi connectivity index (χ0) is 45.1. The molecule has 1 atom stereocenters. The zero-order valence-corrected chi connectivity index (χ0v) is 40.6. The second-order valence-corrected chi connectivity index (χ2v) is 17.1. The molecule has 0 aliphatic carbocycles. The Kier molecular flexibility index (Phi) is 47.9. The van der Waals surface area contributed by atoms with Crippen LogP contribution in [-0.2, 0) is 28.6 Å². The molecule has 0 N–H and O–H groups in total. The molecule has 62 heavy (non-hydrogen) atoms. The van der Waals surface area contributed by atoms with Gasteiger partial charge in [0.1, 0.15) is 13.2 Å². The van der Waals surface area contributed by atoms with Gasteiger partial charge >= 0.3 is 17.9 Å². The van der Waals surface area contributed by atoms with Crippen molar-refractivity contribution in [2.45, 2.75) is 252 Å². The van der Waals surface area contributed by atoms with Crippen LogP contribution in [0.3, 0.4) is 0 Å². The van der Waals surface area contributed by atoms with Crippen molar-refractivity contribution in [2.24, 2.45) is 0 Å². The summed E-state index contributed by atoms with van der Waals surface area (Å²) in [4.78, 5) is 38.0. The van der Waals surface area contributed by atoms with E-state index in [4.69, 9.17) is 14.2 Å². The molecular formula is C56H96O6. The maximum absolute atomic E-state index is 12.8. The lowest BCUT2D eigenvalue weighted by Crippen LogP contribution is -2.30. The molecule has 6 heteroatoms. The molecule has 0 bridgehead atoms. The van der Waals surface area contributed by atoms with Crippen LogP contribution < -0.4 is 0 Å². The minimum Gasteiger partial charge on any atom is -0.462 e. The van der Waals surface area contributed by atoms with Crippen molar-refractivity contribution in [2.75, 3.05) is 13.2 Å². The van der Waals surface area contributed by atoms with Gasteiger partial charge in [0.25, 0.3) is 0 Å². The quantitative estimate of drug-likeness (QED) is 0.0262. The van der Waals surface area contributed by atoms with Crippen molar-refractivity contribution >= 4 is 17.9 Å². The molecule has 6 nitrogen and oxygen atoms in total. The third kappa shape index (κ3) is 47.9. The molecule has 0 radical (unpaired) electrons. The predicted molar refractivity (Wildman–Crippen MR) is 265 cm³/mol. The summed E-state index contributed by atoms with van der Waals surface area (Å²) in [6.45, 7) is 6.46. The van der Waals surface area contributed by atoms with Crippen LogP contribution >= 0.6 is 0 Å². The molecule has 0 saturated carbocycles. The SMILES string of the molecule is CC/C=C\C/C=C\C/C=C\C/C=C\CCCCC(=O)O[C@H](COC(=O)CCCCCCCCC/C=C\C/C=C\CCCCC)COC(=O)CCCCCCCCCCCCCC. The van der Waals surface area contributed by atoms with Crippen molar-refractivity contribution < 1.29 is 28.6 Å². The number of unbranched alkanes of at least 4 members (excludes halogenated alkanes) is 23. The summed E-state index contributed by atoms with van der Waals surface area (Å²) in [5.74, 6) is -0.941. The number of rotatable bonds is 46. The Morgan fingerprint density at radius 3 is 1.05 bits per heavy atom. The van der Waals surface area contributed by atoms with Gasteiger partial charge in [-0.25, -0.2) is 0 Å². The van der Waals surface area contributed by atoms with Gasteiger partial charge in [0.2, 0.25) is 0 Å². The van der Waals surface area contributed by atoms with Crippen LogP contribution in [0.2, 0.25) is 0 Å². The van der Waals surface area contributed by atoms with Gasteiger partial charge < -0.3 is 14.2 Å². The standard InChI is InChI=1S/C56H96O6/c1-4-7-10-13-16-19-22-25-27-28-30-31-34-37-40-43-46-49-55(58)61-52-53(51-60-54(57)48-45-42-39-36-33-24-21-18-15-12-9-6-3)62-56(59)50-47-44-41-38-35-32-29-26-23-20-17-14-11-8-5-2/h8,11,16-17,19-20,25-27,29,35,38,53H,4-7,9-10,12-15,18,21-24,28,30-34,36-37,39-52H2,1-3H3/b11-8-,19-16-,20-17-,27-25-,29-26-,38-35-/t53-/m0/s1. The van der Waals surface area contributed by atoms with Gasteiger partial charge in [0.05, 0.1) is 0 Å². The highest BCUT2D eigenvalue weighted by Crippen LogP contribution is 2.14.